The van der Waals surface area contributed by atoms with Crippen LogP contribution < -0.4 is 10.6 Å². The average molecular weight is 438 g/mol. The zero-order valence-corrected chi connectivity index (χ0v) is 18.7. The van der Waals surface area contributed by atoms with Gasteiger partial charge in [0, 0.05) is 25.3 Å². The van der Waals surface area contributed by atoms with Gasteiger partial charge in [-0.1, -0.05) is 42.0 Å². The summed E-state index contributed by atoms with van der Waals surface area (Å²) in [6, 6.07) is 15.2. The largest absolute Gasteiger partial charge is 0.466 e. The molecule has 3 rings (SSSR count). The van der Waals surface area contributed by atoms with Gasteiger partial charge in [0.05, 0.1) is 24.6 Å². The lowest BCUT2D eigenvalue weighted by molar-refractivity contribution is -0.151. The number of ether oxygens (including phenoxy) is 1. The second-order valence-corrected chi connectivity index (χ2v) is 7.97. The Balaban J connectivity index is 1.51. The lowest BCUT2D eigenvalue weighted by Crippen LogP contribution is -2.43. The Morgan fingerprint density at radius 1 is 1.03 bits per heavy atom. The highest BCUT2D eigenvalue weighted by atomic mass is 16.5. The number of piperidine rings is 1. The molecular formula is C25H31N3O4. The number of carbonyl (C=O) groups is 3. The standard InChI is InChI=1S/C25H31N3O4/c1-3-32-25(31)20-12-14-28(15-13-20)23(29)17-26-22-7-5-4-6-21(22)24(30)27-16-19-10-8-18(2)9-11-19/h4-11,20,26H,3,12-17H2,1-2H3,(H,27,30). The van der Waals surface area contributed by atoms with Gasteiger partial charge in [-0.2, -0.15) is 0 Å². The van der Waals surface area contributed by atoms with Gasteiger partial charge in [-0.25, -0.2) is 0 Å². The van der Waals surface area contributed by atoms with E-state index in [1.807, 2.05) is 37.3 Å². The van der Waals surface area contributed by atoms with E-state index in [1.54, 1.807) is 30.0 Å². The summed E-state index contributed by atoms with van der Waals surface area (Å²) >= 11 is 0. The minimum atomic E-state index is -0.198. The van der Waals surface area contributed by atoms with Crippen LogP contribution in [0.15, 0.2) is 48.5 Å². The molecule has 1 fully saturated rings. The van der Waals surface area contributed by atoms with E-state index in [1.165, 1.54) is 5.56 Å². The van der Waals surface area contributed by atoms with Crippen molar-refractivity contribution >= 4 is 23.5 Å². The smallest absolute Gasteiger partial charge is 0.309 e. The van der Waals surface area contributed by atoms with E-state index in [0.29, 0.717) is 50.3 Å². The van der Waals surface area contributed by atoms with E-state index in [0.717, 1.165) is 5.56 Å². The van der Waals surface area contributed by atoms with Crippen molar-refractivity contribution in [3.8, 4) is 0 Å². The van der Waals surface area contributed by atoms with Crippen LogP contribution in [-0.2, 0) is 20.9 Å². The van der Waals surface area contributed by atoms with Crippen LogP contribution in [0.3, 0.4) is 0 Å². The van der Waals surface area contributed by atoms with Crippen LogP contribution in [0, 0.1) is 12.8 Å². The highest BCUT2D eigenvalue weighted by Crippen LogP contribution is 2.20. The highest BCUT2D eigenvalue weighted by Gasteiger charge is 2.28. The molecule has 2 amide bonds. The summed E-state index contributed by atoms with van der Waals surface area (Å²) in [7, 11) is 0. The number of benzene rings is 2. The summed E-state index contributed by atoms with van der Waals surface area (Å²) in [5.41, 5.74) is 3.30. The summed E-state index contributed by atoms with van der Waals surface area (Å²) in [6.45, 7) is 5.77. The lowest BCUT2D eigenvalue weighted by atomic mass is 9.97. The highest BCUT2D eigenvalue weighted by molar-refractivity contribution is 6.00. The second-order valence-electron chi connectivity index (χ2n) is 7.97. The summed E-state index contributed by atoms with van der Waals surface area (Å²) in [5, 5.41) is 6.04. The van der Waals surface area contributed by atoms with Gasteiger partial charge in [0.15, 0.2) is 0 Å². The Morgan fingerprint density at radius 2 is 1.72 bits per heavy atom. The first-order valence-corrected chi connectivity index (χ1v) is 11.1. The summed E-state index contributed by atoms with van der Waals surface area (Å²) in [4.78, 5) is 39.0. The predicted molar refractivity (Wildman–Crippen MR) is 123 cm³/mol. The number of likely N-dealkylation sites (tertiary alicyclic amines) is 1. The van der Waals surface area contributed by atoms with Crippen molar-refractivity contribution in [3.05, 3.63) is 65.2 Å². The fourth-order valence-corrected chi connectivity index (χ4v) is 3.73. The molecule has 2 aromatic rings. The van der Waals surface area contributed by atoms with Crippen molar-refractivity contribution in [2.75, 3.05) is 31.6 Å². The van der Waals surface area contributed by atoms with Crippen LogP contribution >= 0.6 is 0 Å². The van der Waals surface area contributed by atoms with Crippen LogP contribution in [0.5, 0.6) is 0 Å². The minimum Gasteiger partial charge on any atom is -0.466 e. The number of aryl methyl sites for hydroxylation is 1. The van der Waals surface area contributed by atoms with Gasteiger partial charge < -0.3 is 20.3 Å². The number of nitrogens with one attached hydrogen (secondary N) is 2. The SMILES string of the molecule is CCOC(=O)C1CCN(C(=O)CNc2ccccc2C(=O)NCc2ccc(C)cc2)CC1. The molecule has 170 valence electrons. The number of esters is 1. The van der Waals surface area contributed by atoms with E-state index in [-0.39, 0.29) is 30.2 Å². The average Bonchev–Trinajstić information content (AvgIpc) is 2.82. The molecule has 0 unspecified atom stereocenters. The molecule has 0 aliphatic carbocycles. The van der Waals surface area contributed by atoms with Gasteiger partial charge in [-0.15, -0.1) is 0 Å². The number of hydrogen-bond acceptors (Lipinski definition) is 5. The van der Waals surface area contributed by atoms with Crippen LogP contribution in [0.2, 0.25) is 0 Å². The number of nitrogens with zero attached hydrogens (tertiary/aromatic N) is 1. The fourth-order valence-electron chi connectivity index (χ4n) is 3.73. The first-order valence-electron chi connectivity index (χ1n) is 11.1. The summed E-state index contributed by atoms with van der Waals surface area (Å²) < 4.78 is 5.08. The van der Waals surface area contributed by atoms with Crippen molar-refractivity contribution in [2.24, 2.45) is 5.92 Å². The van der Waals surface area contributed by atoms with Crippen LogP contribution in [-0.4, -0.2) is 48.9 Å². The Labute approximate surface area is 189 Å². The van der Waals surface area contributed by atoms with Gasteiger partial charge in [-0.3, -0.25) is 14.4 Å². The molecule has 0 bridgehead atoms. The van der Waals surface area contributed by atoms with Gasteiger partial charge in [0.2, 0.25) is 5.91 Å². The number of carbonyl (C=O) groups excluding carboxylic acids is 3. The van der Waals surface area contributed by atoms with Crippen LogP contribution in [0.25, 0.3) is 0 Å². The predicted octanol–water partition coefficient (Wildman–Crippen LogP) is 3.14. The molecule has 0 saturated carbocycles. The van der Waals surface area contributed by atoms with Gasteiger partial charge in [0.1, 0.15) is 0 Å². The minimum absolute atomic E-state index is 0.0535. The van der Waals surface area contributed by atoms with Crippen molar-refractivity contribution in [2.45, 2.75) is 33.2 Å². The fraction of sp³-hybridized carbons (Fsp3) is 0.400. The zero-order valence-electron chi connectivity index (χ0n) is 18.7. The molecule has 1 aliphatic heterocycles. The first-order chi connectivity index (χ1) is 15.5. The molecule has 7 heteroatoms. The third-order valence-electron chi connectivity index (χ3n) is 5.64. The van der Waals surface area contributed by atoms with E-state index in [2.05, 4.69) is 10.6 Å². The maximum Gasteiger partial charge on any atom is 0.309 e. The van der Waals surface area contributed by atoms with Crippen LogP contribution in [0.4, 0.5) is 5.69 Å². The molecule has 1 saturated heterocycles. The normalized spacial score (nSPS) is 14.0. The van der Waals surface area contributed by atoms with E-state index in [9.17, 15) is 14.4 Å². The number of amides is 2. The van der Waals surface area contributed by atoms with Crippen LogP contribution in [0.1, 0.15) is 41.3 Å². The van der Waals surface area contributed by atoms with Gasteiger partial charge in [-0.05, 0) is 44.4 Å². The van der Waals surface area contributed by atoms with Gasteiger partial charge in [0.25, 0.3) is 5.91 Å². The molecule has 2 aromatic carbocycles. The second kappa shape index (κ2) is 11.3. The molecule has 0 aromatic heterocycles. The number of rotatable bonds is 8. The Morgan fingerprint density at radius 3 is 2.41 bits per heavy atom. The van der Waals surface area contributed by atoms with Crippen molar-refractivity contribution < 1.29 is 19.1 Å². The molecule has 0 atom stereocenters. The molecule has 1 heterocycles. The summed E-state index contributed by atoms with van der Waals surface area (Å²) in [5.74, 6) is -0.563. The van der Waals surface area contributed by atoms with E-state index >= 15 is 0 Å². The number of para-hydroxylation sites is 1. The Bertz CT molecular complexity index is 934. The van der Waals surface area contributed by atoms with Gasteiger partial charge >= 0.3 is 5.97 Å². The molecular weight excluding hydrogens is 406 g/mol. The monoisotopic (exact) mass is 437 g/mol. The van der Waals surface area contributed by atoms with E-state index in [4.69, 9.17) is 4.74 Å². The topological polar surface area (TPSA) is 87.7 Å². The molecule has 1 aliphatic rings. The maximum absolute atomic E-state index is 12.7. The Kier molecular flexibility index (Phi) is 8.25. The number of anilines is 1. The zero-order chi connectivity index (χ0) is 22.9. The Hall–Kier alpha value is -3.35. The summed E-state index contributed by atoms with van der Waals surface area (Å²) in [6.07, 6.45) is 1.23. The maximum atomic E-state index is 12.7. The molecule has 2 N–H and O–H groups in total. The quantitative estimate of drug-likeness (QED) is 0.620. The lowest BCUT2D eigenvalue weighted by Gasteiger charge is -2.31. The third kappa shape index (κ3) is 6.33. The van der Waals surface area contributed by atoms with Crippen molar-refractivity contribution in [3.63, 3.8) is 0 Å². The van der Waals surface area contributed by atoms with E-state index < -0.39 is 0 Å². The van der Waals surface area contributed by atoms with Crippen molar-refractivity contribution in [1.29, 1.82) is 0 Å². The molecule has 7 nitrogen and oxygen atoms in total. The molecule has 32 heavy (non-hydrogen) atoms. The molecule has 0 radical (unpaired) electrons. The molecule has 0 spiro atoms. The number of hydrogen-bond donors (Lipinski definition) is 2. The first kappa shape index (κ1) is 23.3. The third-order valence-corrected chi connectivity index (χ3v) is 5.64. The van der Waals surface area contributed by atoms with Crippen molar-refractivity contribution in [1.82, 2.24) is 10.2 Å².